The monoisotopic (exact) mass is 317 g/mol. The molecule has 1 aliphatic rings. The molecule has 0 aromatic carbocycles. The van der Waals surface area contributed by atoms with Crippen molar-refractivity contribution in [3.05, 3.63) is 16.3 Å². The van der Waals surface area contributed by atoms with Crippen LogP contribution in [0.25, 0.3) is 0 Å². The van der Waals surface area contributed by atoms with Gasteiger partial charge in [-0.05, 0) is 31.3 Å². The van der Waals surface area contributed by atoms with Crippen molar-refractivity contribution in [2.45, 2.75) is 43.2 Å². The van der Waals surface area contributed by atoms with E-state index in [0.29, 0.717) is 22.4 Å². The lowest BCUT2D eigenvalue weighted by Gasteiger charge is -2.23. The van der Waals surface area contributed by atoms with Crippen LogP contribution in [0.1, 0.15) is 30.6 Å². The molecular weight excluding hydrogens is 294 g/mol. The van der Waals surface area contributed by atoms with Crippen LogP contribution in [0.2, 0.25) is 0 Å². The second-order valence-corrected chi connectivity index (χ2v) is 7.96. The van der Waals surface area contributed by atoms with Crippen LogP contribution in [-0.4, -0.2) is 39.5 Å². The summed E-state index contributed by atoms with van der Waals surface area (Å²) in [5.41, 5.74) is 5.56. The van der Waals surface area contributed by atoms with Gasteiger partial charge in [-0.3, -0.25) is 0 Å². The topological polar surface area (TPSA) is 75.4 Å². The molecule has 1 saturated carbocycles. The Hall–Kier alpha value is -0.470. The molecule has 0 unspecified atom stereocenters. The molecule has 0 atom stereocenters. The summed E-state index contributed by atoms with van der Waals surface area (Å²) in [6.07, 6.45) is 5.03. The number of nitrogens with one attached hydrogen (secondary N) is 1. The molecule has 0 aliphatic heterocycles. The lowest BCUT2D eigenvalue weighted by Crippen LogP contribution is -2.37. The van der Waals surface area contributed by atoms with E-state index in [2.05, 4.69) is 16.7 Å². The maximum Gasteiger partial charge on any atom is 0.241 e. The number of hydrogen-bond acceptors (Lipinski definition) is 5. The summed E-state index contributed by atoms with van der Waals surface area (Å²) in [6, 6.07) is 2.23. The van der Waals surface area contributed by atoms with Gasteiger partial charge in [0, 0.05) is 30.6 Å². The average Bonchev–Trinajstić information content (AvgIpc) is 3.09. The molecule has 1 aromatic rings. The van der Waals surface area contributed by atoms with E-state index in [0.717, 1.165) is 6.54 Å². The highest BCUT2D eigenvalue weighted by atomic mass is 32.2. The van der Waals surface area contributed by atoms with Gasteiger partial charge in [-0.25, -0.2) is 13.1 Å². The molecule has 0 radical (unpaired) electrons. The standard InChI is InChI=1S/C13H23N3O2S2/c1-16(11-4-2-3-5-11)8-7-15-20(17,18)13-6-9-19-12(13)10-14/h6,9,11,15H,2-5,7-8,10,14H2,1H3. The van der Waals surface area contributed by atoms with Crippen molar-refractivity contribution < 1.29 is 8.42 Å². The van der Waals surface area contributed by atoms with Crippen LogP contribution in [0, 0.1) is 0 Å². The molecule has 2 rings (SSSR count). The smallest absolute Gasteiger partial charge is 0.241 e. The van der Waals surface area contributed by atoms with Crippen LogP contribution >= 0.6 is 11.3 Å². The van der Waals surface area contributed by atoms with Gasteiger partial charge >= 0.3 is 0 Å². The lowest BCUT2D eigenvalue weighted by atomic mass is 10.2. The Morgan fingerprint density at radius 1 is 1.45 bits per heavy atom. The Labute approximate surface area is 125 Å². The molecule has 0 bridgehead atoms. The Morgan fingerprint density at radius 2 is 2.15 bits per heavy atom. The third-order valence-corrected chi connectivity index (χ3v) is 6.50. The Kier molecular flexibility index (Phi) is 5.57. The third-order valence-electron chi connectivity index (χ3n) is 3.88. The Bertz CT molecular complexity index is 521. The number of hydrogen-bond donors (Lipinski definition) is 2. The number of thiophene rings is 1. The van der Waals surface area contributed by atoms with Crippen LogP contribution < -0.4 is 10.5 Å². The fourth-order valence-electron chi connectivity index (χ4n) is 2.68. The highest BCUT2D eigenvalue weighted by Crippen LogP contribution is 2.22. The number of rotatable bonds is 7. The van der Waals surface area contributed by atoms with Crippen LogP contribution in [-0.2, 0) is 16.6 Å². The molecule has 1 fully saturated rings. The summed E-state index contributed by atoms with van der Waals surface area (Å²) in [5, 5.41) is 1.77. The highest BCUT2D eigenvalue weighted by molar-refractivity contribution is 7.89. The fourth-order valence-corrected chi connectivity index (χ4v) is 5.03. The first kappa shape index (κ1) is 15.9. The van der Waals surface area contributed by atoms with Gasteiger partial charge in [0.2, 0.25) is 10.0 Å². The zero-order chi connectivity index (χ0) is 14.6. The molecule has 1 heterocycles. The van der Waals surface area contributed by atoms with E-state index in [1.165, 1.54) is 37.0 Å². The molecule has 7 heteroatoms. The minimum atomic E-state index is -3.43. The van der Waals surface area contributed by atoms with E-state index in [4.69, 9.17) is 5.73 Å². The SMILES string of the molecule is CN(CCNS(=O)(=O)c1ccsc1CN)C1CCCC1. The summed E-state index contributed by atoms with van der Waals surface area (Å²) in [7, 11) is -1.36. The van der Waals surface area contributed by atoms with Crippen LogP contribution in [0.5, 0.6) is 0 Å². The van der Waals surface area contributed by atoms with Gasteiger partial charge in [-0.15, -0.1) is 11.3 Å². The molecular formula is C13H23N3O2S2. The van der Waals surface area contributed by atoms with Gasteiger partial charge in [-0.2, -0.15) is 0 Å². The molecule has 20 heavy (non-hydrogen) atoms. The van der Waals surface area contributed by atoms with E-state index in [1.54, 1.807) is 11.4 Å². The van der Waals surface area contributed by atoms with Crippen molar-refractivity contribution in [2.75, 3.05) is 20.1 Å². The van der Waals surface area contributed by atoms with E-state index < -0.39 is 10.0 Å². The highest BCUT2D eigenvalue weighted by Gasteiger charge is 2.21. The van der Waals surface area contributed by atoms with E-state index >= 15 is 0 Å². The second-order valence-electron chi connectivity index (χ2n) is 5.23. The maximum atomic E-state index is 12.2. The summed E-state index contributed by atoms with van der Waals surface area (Å²) < 4.78 is 27.1. The van der Waals surface area contributed by atoms with Gasteiger partial charge in [0.05, 0.1) is 4.90 Å². The Morgan fingerprint density at radius 3 is 2.80 bits per heavy atom. The summed E-state index contributed by atoms with van der Waals surface area (Å²) >= 11 is 1.38. The number of nitrogens with zero attached hydrogens (tertiary/aromatic N) is 1. The van der Waals surface area contributed by atoms with Crippen molar-refractivity contribution >= 4 is 21.4 Å². The van der Waals surface area contributed by atoms with Crippen molar-refractivity contribution in [3.8, 4) is 0 Å². The van der Waals surface area contributed by atoms with Crippen LogP contribution in [0.3, 0.4) is 0 Å². The van der Waals surface area contributed by atoms with Gasteiger partial charge in [0.25, 0.3) is 0 Å². The van der Waals surface area contributed by atoms with Crippen molar-refractivity contribution in [1.82, 2.24) is 9.62 Å². The zero-order valence-electron chi connectivity index (χ0n) is 11.8. The third kappa shape index (κ3) is 3.79. The summed E-state index contributed by atoms with van der Waals surface area (Å²) in [6.45, 7) is 1.44. The van der Waals surface area contributed by atoms with Gasteiger partial charge < -0.3 is 10.6 Å². The maximum absolute atomic E-state index is 12.2. The van der Waals surface area contributed by atoms with Gasteiger partial charge in [0.15, 0.2) is 0 Å². The Balaban J connectivity index is 1.86. The van der Waals surface area contributed by atoms with Crippen molar-refractivity contribution in [1.29, 1.82) is 0 Å². The predicted octanol–water partition coefficient (Wildman–Crippen LogP) is 1.36. The average molecular weight is 317 g/mol. The number of sulfonamides is 1. The summed E-state index contributed by atoms with van der Waals surface area (Å²) in [5.74, 6) is 0. The van der Waals surface area contributed by atoms with E-state index in [1.807, 2.05) is 0 Å². The molecule has 114 valence electrons. The predicted molar refractivity (Wildman–Crippen MR) is 82.3 cm³/mol. The number of nitrogens with two attached hydrogens (primary N) is 1. The minimum Gasteiger partial charge on any atom is -0.326 e. The molecule has 0 amide bonds. The van der Waals surface area contributed by atoms with Gasteiger partial charge in [-0.1, -0.05) is 12.8 Å². The van der Waals surface area contributed by atoms with E-state index in [9.17, 15) is 8.42 Å². The van der Waals surface area contributed by atoms with Crippen LogP contribution in [0.4, 0.5) is 0 Å². The number of likely N-dealkylation sites (N-methyl/N-ethyl adjacent to an activating group) is 1. The molecule has 1 aliphatic carbocycles. The minimum absolute atomic E-state index is 0.260. The first-order chi connectivity index (χ1) is 9.54. The first-order valence-corrected chi connectivity index (χ1v) is 9.37. The lowest BCUT2D eigenvalue weighted by molar-refractivity contribution is 0.250. The van der Waals surface area contributed by atoms with Crippen molar-refractivity contribution in [3.63, 3.8) is 0 Å². The quantitative estimate of drug-likeness (QED) is 0.796. The van der Waals surface area contributed by atoms with E-state index in [-0.39, 0.29) is 6.54 Å². The van der Waals surface area contributed by atoms with Crippen LogP contribution in [0.15, 0.2) is 16.3 Å². The first-order valence-electron chi connectivity index (χ1n) is 7.01. The fraction of sp³-hybridized carbons (Fsp3) is 0.692. The van der Waals surface area contributed by atoms with Gasteiger partial charge in [0.1, 0.15) is 0 Å². The molecule has 1 aromatic heterocycles. The molecule has 3 N–H and O–H groups in total. The second kappa shape index (κ2) is 7.00. The molecule has 5 nitrogen and oxygen atoms in total. The molecule has 0 saturated heterocycles. The van der Waals surface area contributed by atoms with Crippen molar-refractivity contribution in [2.24, 2.45) is 5.73 Å². The molecule has 0 spiro atoms. The largest absolute Gasteiger partial charge is 0.326 e. The zero-order valence-corrected chi connectivity index (χ0v) is 13.5. The normalized spacial score (nSPS) is 17.1. The summed E-state index contributed by atoms with van der Waals surface area (Å²) in [4.78, 5) is 3.29.